The minimum Gasteiger partial charge on any atom is -0.481 e. The first-order chi connectivity index (χ1) is 17.6. The van der Waals surface area contributed by atoms with Crippen molar-refractivity contribution in [1.29, 1.82) is 0 Å². The molecular formula is C29H35F3N2O3. The maximum Gasteiger partial charge on any atom is 0.416 e. The maximum atomic E-state index is 12.8. The monoisotopic (exact) mass is 516 g/mol. The van der Waals surface area contributed by atoms with E-state index >= 15 is 0 Å². The van der Waals surface area contributed by atoms with Gasteiger partial charge < -0.3 is 9.94 Å². The summed E-state index contributed by atoms with van der Waals surface area (Å²) in [4.78, 5) is 18.4. The molecule has 0 aromatic heterocycles. The molecule has 0 radical (unpaired) electrons. The second-order valence-corrected chi connectivity index (χ2v) is 10.4. The van der Waals surface area contributed by atoms with E-state index in [1.54, 1.807) is 38.7 Å². The van der Waals surface area contributed by atoms with E-state index in [0.717, 1.165) is 35.2 Å². The highest BCUT2D eigenvalue weighted by Gasteiger charge is 2.37. The van der Waals surface area contributed by atoms with Gasteiger partial charge >= 0.3 is 12.1 Å². The minimum absolute atomic E-state index is 0.0559. The molecule has 3 aliphatic rings. The van der Waals surface area contributed by atoms with Crippen LogP contribution in [-0.2, 0) is 35.4 Å². The summed E-state index contributed by atoms with van der Waals surface area (Å²) in [5.74, 6) is 1.39. The molecule has 1 heterocycles. The molecule has 0 atom stereocenters. The number of likely N-dealkylation sites (tertiary alicyclic amines) is 1. The van der Waals surface area contributed by atoms with Gasteiger partial charge in [-0.15, -0.1) is 0 Å². The average Bonchev–Trinajstić information content (AvgIpc) is 2.83. The van der Waals surface area contributed by atoms with Gasteiger partial charge in [-0.3, -0.25) is 9.69 Å². The van der Waals surface area contributed by atoms with Crippen LogP contribution in [0.3, 0.4) is 0 Å². The summed E-state index contributed by atoms with van der Waals surface area (Å²) < 4.78 is 38.4. The number of rotatable bonds is 8. The Morgan fingerprint density at radius 3 is 2.27 bits per heavy atom. The number of hydrogen-bond acceptors (Lipinski definition) is 4. The quantitative estimate of drug-likeness (QED) is 0.320. The number of hydrogen-bond donors (Lipinski definition) is 1. The number of carboxylic acid groups (broad SMARTS) is 1. The fourth-order valence-electron chi connectivity index (χ4n) is 5.09. The van der Waals surface area contributed by atoms with Crippen LogP contribution in [0, 0.1) is 17.8 Å². The number of carboxylic acids is 1. The molecule has 2 aliphatic carbocycles. The number of nitrogens with zero attached hydrogens (tertiary/aromatic N) is 2. The molecular weight excluding hydrogens is 481 g/mol. The molecule has 0 amide bonds. The number of halogens is 3. The highest BCUT2D eigenvalue weighted by atomic mass is 19.4. The third-order valence-corrected chi connectivity index (χ3v) is 7.88. The number of fused-ring (bicyclic) bond motifs is 1. The molecule has 2 aromatic carbocycles. The normalized spacial score (nSPS) is 21.5. The third kappa shape index (κ3) is 6.92. The first-order valence-electron chi connectivity index (χ1n) is 13.0. The standard InChI is InChI=1S/C23H25F3N2O3.C6H10/c1-3-17-10-18(7-8-19(17)11-28-12-20(13-28)22(29)30)15(2)27-31-14-16-5-4-6-21(9-16)23(24,25)26;1-2-6-4-3-5(1)6/h4-10,20H,3,11-14H2,1-2H3,(H,29,30);5-6H,1-4H2. The van der Waals surface area contributed by atoms with E-state index in [-0.39, 0.29) is 12.5 Å². The largest absolute Gasteiger partial charge is 0.481 e. The van der Waals surface area contributed by atoms with E-state index < -0.39 is 17.7 Å². The third-order valence-electron chi connectivity index (χ3n) is 7.88. The van der Waals surface area contributed by atoms with Crippen LogP contribution in [-0.4, -0.2) is 34.8 Å². The summed E-state index contributed by atoms with van der Waals surface area (Å²) in [6, 6.07) is 10.9. The number of alkyl halides is 3. The second-order valence-electron chi connectivity index (χ2n) is 10.4. The van der Waals surface area contributed by atoms with Crippen molar-refractivity contribution in [2.75, 3.05) is 13.1 Å². The summed E-state index contributed by atoms with van der Waals surface area (Å²) in [6.45, 7) is 5.60. The number of aryl methyl sites for hydroxylation is 1. The van der Waals surface area contributed by atoms with E-state index in [1.165, 1.54) is 17.9 Å². The number of oxime groups is 1. The average molecular weight is 517 g/mol. The van der Waals surface area contributed by atoms with Crippen LogP contribution in [0.2, 0.25) is 0 Å². The van der Waals surface area contributed by atoms with Crippen molar-refractivity contribution < 1.29 is 27.9 Å². The van der Waals surface area contributed by atoms with E-state index in [0.29, 0.717) is 30.9 Å². The summed E-state index contributed by atoms with van der Waals surface area (Å²) in [5, 5.41) is 13.1. The Labute approximate surface area is 216 Å². The highest BCUT2D eigenvalue weighted by molar-refractivity contribution is 5.98. The van der Waals surface area contributed by atoms with Crippen molar-refractivity contribution in [2.24, 2.45) is 22.9 Å². The number of aliphatic carboxylic acids is 1. The van der Waals surface area contributed by atoms with Crippen LogP contribution in [0.5, 0.6) is 0 Å². The highest BCUT2D eigenvalue weighted by Crippen LogP contribution is 2.49. The van der Waals surface area contributed by atoms with Gasteiger partial charge in [0.05, 0.1) is 17.2 Å². The number of benzene rings is 2. The number of carbonyl (C=O) groups is 1. The smallest absolute Gasteiger partial charge is 0.416 e. The molecule has 2 saturated carbocycles. The molecule has 0 bridgehead atoms. The van der Waals surface area contributed by atoms with Crippen LogP contribution < -0.4 is 0 Å². The molecule has 5 rings (SSSR count). The van der Waals surface area contributed by atoms with Crippen molar-refractivity contribution >= 4 is 11.7 Å². The van der Waals surface area contributed by atoms with Gasteiger partial charge in [0.1, 0.15) is 6.61 Å². The molecule has 2 aromatic rings. The van der Waals surface area contributed by atoms with Crippen LogP contribution >= 0.6 is 0 Å². The lowest BCUT2D eigenvalue weighted by Gasteiger charge is -2.46. The van der Waals surface area contributed by atoms with Gasteiger partial charge in [-0.25, -0.2) is 0 Å². The van der Waals surface area contributed by atoms with Crippen LogP contribution in [0.15, 0.2) is 47.6 Å². The lowest BCUT2D eigenvalue weighted by atomic mass is 9.60. The van der Waals surface area contributed by atoms with Crippen molar-refractivity contribution in [1.82, 2.24) is 4.90 Å². The zero-order valence-corrected chi connectivity index (χ0v) is 21.4. The molecule has 37 heavy (non-hydrogen) atoms. The Morgan fingerprint density at radius 1 is 1.05 bits per heavy atom. The fourth-order valence-corrected chi connectivity index (χ4v) is 5.09. The van der Waals surface area contributed by atoms with Crippen LogP contribution in [0.25, 0.3) is 0 Å². The van der Waals surface area contributed by atoms with Crippen LogP contribution in [0.1, 0.15) is 67.3 Å². The van der Waals surface area contributed by atoms with Crippen molar-refractivity contribution in [3.63, 3.8) is 0 Å². The van der Waals surface area contributed by atoms with Gasteiger partial charge in [0.2, 0.25) is 0 Å². The molecule has 3 fully saturated rings. The fraction of sp³-hybridized carbons (Fsp3) is 0.517. The zero-order chi connectivity index (χ0) is 26.6. The van der Waals surface area contributed by atoms with Gasteiger partial charge in [-0.2, -0.15) is 13.2 Å². The Kier molecular flexibility index (Phi) is 8.57. The van der Waals surface area contributed by atoms with Gasteiger partial charge in [0.15, 0.2) is 0 Å². The molecule has 1 N–H and O–H groups in total. The summed E-state index contributed by atoms with van der Waals surface area (Å²) in [5.41, 5.74) is 3.47. The van der Waals surface area contributed by atoms with Gasteiger partial charge in [-0.05, 0) is 91.3 Å². The molecule has 0 unspecified atom stereocenters. The predicted molar refractivity (Wildman–Crippen MR) is 136 cm³/mol. The second kappa shape index (κ2) is 11.7. The van der Waals surface area contributed by atoms with Gasteiger partial charge in [0.25, 0.3) is 0 Å². The molecule has 1 aliphatic heterocycles. The van der Waals surface area contributed by atoms with Crippen molar-refractivity contribution in [2.45, 2.75) is 65.3 Å². The van der Waals surface area contributed by atoms with E-state index in [4.69, 9.17) is 9.94 Å². The molecule has 1 saturated heterocycles. The Bertz CT molecular complexity index is 1110. The first kappa shape index (κ1) is 27.2. The molecule has 0 spiro atoms. The maximum absolute atomic E-state index is 12.8. The Balaban J connectivity index is 0.000000458. The van der Waals surface area contributed by atoms with Crippen molar-refractivity contribution in [3.8, 4) is 0 Å². The minimum atomic E-state index is -4.39. The Hall–Kier alpha value is -2.87. The first-order valence-corrected chi connectivity index (χ1v) is 13.0. The predicted octanol–water partition coefficient (Wildman–Crippen LogP) is 6.53. The lowest BCUT2D eigenvalue weighted by molar-refractivity contribution is -0.147. The lowest BCUT2D eigenvalue weighted by Crippen LogP contribution is -2.49. The SMILES string of the molecule is C1CC2CCC12.CCc1cc(C(C)=NOCc2cccc(C(F)(F)F)c2)ccc1CN1CC(C(=O)O)C1. The van der Waals surface area contributed by atoms with E-state index in [9.17, 15) is 18.0 Å². The van der Waals surface area contributed by atoms with E-state index in [1.807, 2.05) is 18.2 Å². The van der Waals surface area contributed by atoms with Gasteiger partial charge in [0, 0.05) is 19.6 Å². The Morgan fingerprint density at radius 2 is 1.73 bits per heavy atom. The summed E-state index contributed by atoms with van der Waals surface area (Å²) >= 11 is 0. The zero-order valence-electron chi connectivity index (χ0n) is 21.4. The molecule has 200 valence electrons. The van der Waals surface area contributed by atoms with Gasteiger partial charge in [-0.1, -0.05) is 36.3 Å². The summed E-state index contributed by atoms with van der Waals surface area (Å²) in [7, 11) is 0. The van der Waals surface area contributed by atoms with Crippen LogP contribution in [0.4, 0.5) is 13.2 Å². The molecule has 5 nitrogen and oxygen atoms in total. The molecule has 8 heteroatoms. The van der Waals surface area contributed by atoms with E-state index in [2.05, 4.69) is 17.0 Å². The van der Waals surface area contributed by atoms with Crippen molar-refractivity contribution in [3.05, 3.63) is 70.3 Å². The topological polar surface area (TPSA) is 62.1 Å². The summed E-state index contributed by atoms with van der Waals surface area (Å²) in [6.07, 6.45) is 2.67.